The molecule has 2 aromatic carbocycles. The van der Waals surface area contributed by atoms with E-state index >= 15 is 0 Å². The van der Waals surface area contributed by atoms with E-state index in [4.69, 9.17) is 51.6 Å². The van der Waals surface area contributed by atoms with Gasteiger partial charge in [-0.3, -0.25) is 0 Å². The molecule has 6 aromatic rings. The van der Waals surface area contributed by atoms with Crippen LogP contribution in [0.15, 0.2) is 73.6 Å². The highest BCUT2D eigenvalue weighted by Gasteiger charge is 2.59. The average Bonchev–Trinajstić information content (AvgIpc) is 4.05. The molecule has 0 spiro atoms. The number of benzene rings is 2. The summed E-state index contributed by atoms with van der Waals surface area (Å²) in [5.74, 6) is -0.788. The van der Waals surface area contributed by atoms with Crippen LogP contribution >= 0.6 is 23.2 Å². The van der Waals surface area contributed by atoms with Crippen molar-refractivity contribution in [1.82, 2.24) is 29.1 Å². The number of aryl methyl sites for hydroxylation is 2. The lowest BCUT2D eigenvalue weighted by Crippen LogP contribution is -2.38. The lowest BCUT2D eigenvalue weighted by molar-refractivity contribution is -0.214. The fraction of sp³-hybridized carbons (Fsp3) is 0.442. The predicted octanol–water partition coefficient (Wildman–Crippen LogP) is 7.39. The van der Waals surface area contributed by atoms with Crippen LogP contribution in [0.25, 0.3) is 22.1 Å². The minimum Gasteiger partial charge on any atom is -0.387 e. The number of fused-ring (bicyclic) bond motifs is 5. The summed E-state index contributed by atoms with van der Waals surface area (Å²) < 4.78 is 69.4. The smallest absolute Gasteiger partial charge is 0.164 e. The highest BCUT2D eigenvalue weighted by Crippen LogP contribution is 2.50. The molecule has 11 rings (SSSR count). The molecule has 18 heteroatoms. The highest BCUT2D eigenvalue weighted by atomic mass is 35.5. The van der Waals surface area contributed by atoms with Crippen molar-refractivity contribution in [3.05, 3.63) is 117 Å². The summed E-state index contributed by atoms with van der Waals surface area (Å²) in [5.41, 5.74) is 5.27. The van der Waals surface area contributed by atoms with Gasteiger partial charge in [0.05, 0.1) is 24.6 Å². The fourth-order valence-corrected chi connectivity index (χ4v) is 9.64. The molecule has 5 aliphatic heterocycles. The Labute approximate surface area is 358 Å². The van der Waals surface area contributed by atoms with Crippen molar-refractivity contribution in [3.63, 3.8) is 0 Å². The van der Waals surface area contributed by atoms with Gasteiger partial charge in [-0.25, -0.2) is 28.7 Å². The normalized spacial score (nSPS) is 32.7. The van der Waals surface area contributed by atoms with E-state index in [9.17, 15) is 19.0 Å². The van der Waals surface area contributed by atoms with Crippen molar-refractivity contribution in [3.8, 4) is 0 Å². The lowest BCUT2D eigenvalue weighted by atomic mass is 9.91. The molecule has 0 saturated carbocycles. The van der Waals surface area contributed by atoms with Gasteiger partial charge in [-0.1, -0.05) is 35.3 Å². The second-order valence-electron chi connectivity index (χ2n) is 16.4. The summed E-state index contributed by atoms with van der Waals surface area (Å²) in [7, 11) is 0. The van der Waals surface area contributed by atoms with E-state index in [1.165, 1.54) is 6.33 Å². The summed E-state index contributed by atoms with van der Waals surface area (Å²) in [6.45, 7) is 7.33. The molecule has 0 amide bonds. The summed E-state index contributed by atoms with van der Waals surface area (Å²) in [4.78, 5) is 17.2. The van der Waals surface area contributed by atoms with Crippen molar-refractivity contribution in [1.29, 1.82) is 0 Å². The number of hydrogen-bond acceptors (Lipinski definition) is 12. The zero-order chi connectivity index (χ0) is 42.5. The standard InChI is InChI=1S/C23H23ClFN3O4.C20H19ClFN3O4/c1-11-13-6-7-28(21(13)27-10-26-11)22-20-19(31-23(2,3)32-20)18(30-22)17-14-5-4-12(24)8-15(14)16(25)9-29-17;1-9-11-4-5-25(19(11)24-8-23-9)20-16(27)15(26)18(29-20)17-12-3-2-10(21)6-13(12)14(22)7-28-17/h4-8,10,16-20,22H,9H2,1-3H3;2-6,8,14-18,20,26-27H,7H2,1H3/t16-,17-,18-,19-,20-,22-;14-,15+,16-,17-,18+,20-/m11/s1. The van der Waals surface area contributed by atoms with Crippen LogP contribution in [0.3, 0.4) is 0 Å². The van der Waals surface area contributed by atoms with E-state index in [2.05, 4.69) is 19.9 Å². The second kappa shape index (κ2) is 15.6. The van der Waals surface area contributed by atoms with Crippen molar-refractivity contribution < 1.29 is 47.4 Å². The van der Waals surface area contributed by atoms with Crippen LogP contribution in [0.4, 0.5) is 8.78 Å². The largest absolute Gasteiger partial charge is 0.387 e. The topological polar surface area (TPSA) is 157 Å². The van der Waals surface area contributed by atoms with Crippen molar-refractivity contribution in [2.24, 2.45) is 0 Å². The van der Waals surface area contributed by atoms with Crippen molar-refractivity contribution in [2.75, 3.05) is 13.2 Å². The molecular formula is C43H42Cl2F2N6O8. The van der Waals surface area contributed by atoms with Crippen LogP contribution in [0.5, 0.6) is 0 Å². The summed E-state index contributed by atoms with van der Waals surface area (Å²) >= 11 is 12.2. The third-order valence-electron chi connectivity index (χ3n) is 12.1. The van der Waals surface area contributed by atoms with Crippen LogP contribution in [-0.2, 0) is 28.4 Å². The van der Waals surface area contributed by atoms with E-state index in [0.29, 0.717) is 32.4 Å². The number of hydrogen-bond donors (Lipinski definition) is 2. The molecule has 12 atom stereocenters. The maximum absolute atomic E-state index is 14.6. The molecule has 2 N–H and O–H groups in total. The first-order valence-electron chi connectivity index (χ1n) is 20.0. The monoisotopic (exact) mass is 878 g/mol. The van der Waals surface area contributed by atoms with Crippen molar-refractivity contribution >= 4 is 45.3 Å². The molecule has 0 bridgehead atoms. The average molecular weight is 880 g/mol. The molecule has 9 heterocycles. The highest BCUT2D eigenvalue weighted by molar-refractivity contribution is 6.31. The van der Waals surface area contributed by atoms with E-state index in [1.807, 2.05) is 56.7 Å². The van der Waals surface area contributed by atoms with Crippen LogP contribution in [0, 0.1) is 13.8 Å². The molecule has 0 unspecified atom stereocenters. The summed E-state index contributed by atoms with van der Waals surface area (Å²) in [6, 6.07) is 13.9. The minimum absolute atomic E-state index is 0.0664. The number of nitrogens with zero attached hydrogens (tertiary/aromatic N) is 6. The van der Waals surface area contributed by atoms with E-state index < -0.39 is 73.3 Å². The van der Waals surface area contributed by atoms with Gasteiger partial charge in [0.2, 0.25) is 0 Å². The van der Waals surface area contributed by atoms with Crippen LogP contribution in [0.2, 0.25) is 10.0 Å². The molecular weight excluding hydrogens is 837 g/mol. The zero-order valence-corrected chi connectivity index (χ0v) is 34.8. The van der Waals surface area contributed by atoms with Gasteiger partial charge in [0.1, 0.15) is 85.1 Å². The number of aliphatic hydroxyl groups excluding tert-OH is 2. The SMILES string of the molecule is Cc1ncnc2c1ccn2[C@@H]1O[C@H]([C@@H]2OC[C@@H](F)c3cc(Cl)ccc32)[C@@H](O)[C@H]1O.Cc1ncnc2c1ccn2[C@@H]1O[C@H]([C@@H]2OC[C@@H](F)c3cc(Cl)ccc32)[C@H]2OC(C)(C)O[C@H]21. The Hall–Kier alpha value is -4.20. The van der Waals surface area contributed by atoms with Gasteiger partial charge in [-0.05, 0) is 86.3 Å². The van der Waals surface area contributed by atoms with E-state index in [0.717, 1.165) is 33.4 Å². The first-order valence-corrected chi connectivity index (χ1v) is 20.7. The number of ether oxygens (including phenoxy) is 6. The van der Waals surface area contributed by atoms with E-state index in [1.54, 1.807) is 47.4 Å². The van der Waals surface area contributed by atoms with Crippen LogP contribution < -0.4 is 0 Å². The van der Waals surface area contributed by atoms with Gasteiger partial charge in [-0.2, -0.15) is 0 Å². The van der Waals surface area contributed by atoms with Gasteiger partial charge in [-0.15, -0.1) is 0 Å². The van der Waals surface area contributed by atoms with Crippen molar-refractivity contribution in [2.45, 2.75) is 107 Å². The Balaban J connectivity index is 0.000000147. The fourth-order valence-electron chi connectivity index (χ4n) is 9.28. The molecule has 320 valence electrons. The molecule has 0 aliphatic carbocycles. The van der Waals surface area contributed by atoms with Gasteiger partial charge in [0.25, 0.3) is 0 Å². The van der Waals surface area contributed by atoms with Gasteiger partial charge < -0.3 is 47.8 Å². The molecule has 4 aromatic heterocycles. The quantitative estimate of drug-likeness (QED) is 0.181. The van der Waals surface area contributed by atoms with Gasteiger partial charge in [0.15, 0.2) is 18.2 Å². The van der Waals surface area contributed by atoms with Crippen LogP contribution in [-0.4, -0.2) is 94.9 Å². The molecule has 0 radical (unpaired) electrons. The summed E-state index contributed by atoms with van der Waals surface area (Å²) in [6.07, 6.45) is -3.13. The van der Waals surface area contributed by atoms with Crippen LogP contribution in [0.1, 0.15) is 84.5 Å². The maximum Gasteiger partial charge on any atom is 0.164 e. The molecule has 3 fully saturated rings. The number of alkyl halides is 2. The number of aromatic nitrogens is 6. The van der Waals surface area contributed by atoms with E-state index in [-0.39, 0.29) is 19.3 Å². The Bertz CT molecular complexity index is 2630. The number of aliphatic hydroxyl groups is 2. The van der Waals surface area contributed by atoms with Gasteiger partial charge >= 0.3 is 0 Å². The lowest BCUT2D eigenvalue weighted by Gasteiger charge is -2.34. The van der Waals surface area contributed by atoms with Gasteiger partial charge in [0, 0.05) is 33.2 Å². The third-order valence-corrected chi connectivity index (χ3v) is 12.6. The molecule has 14 nitrogen and oxygen atoms in total. The first kappa shape index (κ1) is 40.8. The Kier molecular flexibility index (Phi) is 10.4. The molecule has 3 saturated heterocycles. The second-order valence-corrected chi connectivity index (χ2v) is 17.2. The molecule has 61 heavy (non-hydrogen) atoms. The molecule has 5 aliphatic rings. The maximum atomic E-state index is 14.6. The third kappa shape index (κ3) is 7.01. The number of halogens is 4. The number of rotatable bonds is 4. The first-order chi connectivity index (χ1) is 29.3. The Morgan fingerprint density at radius 3 is 1.67 bits per heavy atom. The zero-order valence-electron chi connectivity index (χ0n) is 33.3. The Morgan fingerprint density at radius 2 is 1.11 bits per heavy atom. The minimum atomic E-state index is -1.31. The Morgan fingerprint density at radius 1 is 0.623 bits per heavy atom. The summed E-state index contributed by atoms with van der Waals surface area (Å²) in [5, 5.41) is 24.1. The predicted molar refractivity (Wildman–Crippen MR) is 216 cm³/mol.